The molecule has 0 atom stereocenters. The number of rotatable bonds is 5. The predicted molar refractivity (Wildman–Crippen MR) is 70.9 cm³/mol. The summed E-state index contributed by atoms with van der Waals surface area (Å²) in [5.41, 5.74) is 0. The van der Waals surface area contributed by atoms with Crippen molar-refractivity contribution in [2.45, 2.75) is 6.42 Å². The first-order valence-electron chi connectivity index (χ1n) is 6.05. The number of nitrogens with zero attached hydrogens (tertiary/aromatic N) is 3. The molecular weight excluding hydrogens is 395 g/mol. The van der Waals surface area contributed by atoms with E-state index in [4.69, 9.17) is 0 Å². The number of hydrogen-bond acceptors (Lipinski definition) is 3. The second-order valence-corrected chi connectivity index (χ2v) is 19.7. The van der Waals surface area contributed by atoms with Gasteiger partial charge in [0.25, 0.3) is 0 Å². The molecule has 0 radical (unpaired) electrons. The van der Waals surface area contributed by atoms with E-state index >= 15 is 0 Å². The quantitative estimate of drug-likeness (QED) is 0.636. The third-order valence-corrected chi connectivity index (χ3v) is 19.4. The van der Waals surface area contributed by atoms with Gasteiger partial charge in [0.05, 0.1) is 0 Å². The molecule has 3 nitrogen and oxygen atoms in total. The van der Waals surface area contributed by atoms with Crippen LogP contribution in [0.15, 0.2) is 19.8 Å². The zero-order valence-corrected chi connectivity index (χ0v) is 16.9. The van der Waals surface area contributed by atoms with Crippen LogP contribution < -0.4 is 0 Å². The first kappa shape index (κ1) is 17.6. The molecule has 0 spiro atoms. The molecule has 8 heteroatoms. The van der Waals surface area contributed by atoms with Crippen molar-refractivity contribution in [3.8, 4) is 0 Å². The van der Waals surface area contributed by atoms with Crippen molar-refractivity contribution < 1.29 is 31.6 Å². The van der Waals surface area contributed by atoms with Crippen molar-refractivity contribution in [2.24, 2.45) is 0 Å². The first-order valence-corrected chi connectivity index (χ1v) is 14.0. The minimum atomic E-state index is -6.29. The summed E-state index contributed by atoms with van der Waals surface area (Å²) >= 11 is -9.83. The van der Waals surface area contributed by atoms with Gasteiger partial charge in [-0.3, -0.25) is 0 Å². The molecule has 0 heterocycles. The Balaban J connectivity index is 3.51. The van der Waals surface area contributed by atoms with Crippen molar-refractivity contribution in [2.75, 3.05) is 42.3 Å². The Morgan fingerprint density at radius 2 is 1.37 bits per heavy atom. The molecule has 1 aliphatic carbocycles. The van der Waals surface area contributed by atoms with Gasteiger partial charge < -0.3 is 0 Å². The monoisotopic (exact) mass is 417 g/mol. The van der Waals surface area contributed by atoms with Gasteiger partial charge in [-0.1, -0.05) is 0 Å². The molecule has 0 N–H and O–H groups in total. The first-order chi connectivity index (χ1) is 8.56. The van der Waals surface area contributed by atoms with Crippen molar-refractivity contribution in [1.82, 2.24) is 8.53 Å². The van der Waals surface area contributed by atoms with Crippen molar-refractivity contribution in [3.05, 3.63) is 19.8 Å². The molecule has 0 unspecified atom stereocenters. The Kier molecular flexibility index (Phi) is 5.69. The van der Waals surface area contributed by atoms with E-state index in [1.807, 2.05) is 50.8 Å². The fourth-order valence-corrected chi connectivity index (χ4v) is 20.5. The Morgan fingerprint density at radius 3 is 1.68 bits per heavy atom. The Hall–Kier alpha value is 0.576. The fourth-order valence-electron chi connectivity index (χ4n) is 3.10. The van der Waals surface area contributed by atoms with Gasteiger partial charge in [-0.05, 0) is 0 Å². The molecule has 0 aromatic rings. The van der Waals surface area contributed by atoms with Gasteiger partial charge in [-0.25, -0.2) is 0 Å². The summed E-state index contributed by atoms with van der Waals surface area (Å²) in [4.78, 5) is 0. The standard InChI is InChI=1S/C5H4F3Ge.3C2H6N.Zr/c6-9(7,8)5-3-1-2-4-5;3*1-3-2;/h1,3H,2H2;3*1-2H3;/q;3*-1;+3. The Morgan fingerprint density at radius 1 is 0.947 bits per heavy atom. The number of halogens is 3. The average Bonchev–Trinajstić information content (AvgIpc) is 2.64. The molecule has 0 amide bonds. The molecule has 19 heavy (non-hydrogen) atoms. The summed E-state index contributed by atoms with van der Waals surface area (Å²) < 4.78 is 46.7. The molecular formula is C11H22F3GeN3Zr. The summed E-state index contributed by atoms with van der Waals surface area (Å²) in [6, 6.07) is 0. The van der Waals surface area contributed by atoms with Crippen LogP contribution in [0.5, 0.6) is 0 Å². The second-order valence-electron chi connectivity index (χ2n) is 5.32. The van der Waals surface area contributed by atoms with E-state index in [9.17, 15) is 10.5 Å². The SMILES string of the molecule is C[N](C)[Zr]([C]1=[C]([Ge]([F])([F])[F])C=CC1)([N](C)C)[N](C)C. The molecule has 0 saturated heterocycles. The van der Waals surface area contributed by atoms with Crippen LogP contribution in [0.25, 0.3) is 0 Å². The maximum absolute atomic E-state index is 13.4. The molecule has 1 rings (SSSR count). The summed E-state index contributed by atoms with van der Waals surface area (Å²) in [6.45, 7) is 0. The topological polar surface area (TPSA) is 9.72 Å². The summed E-state index contributed by atoms with van der Waals surface area (Å²) in [5, 5.41) is 0. The molecule has 0 aliphatic heterocycles. The van der Waals surface area contributed by atoms with Gasteiger partial charge >= 0.3 is 123 Å². The molecule has 0 aromatic carbocycles. The van der Waals surface area contributed by atoms with Gasteiger partial charge in [-0.15, -0.1) is 0 Å². The minimum absolute atomic E-state index is 0.257. The van der Waals surface area contributed by atoms with Crippen molar-refractivity contribution >= 4 is 14.7 Å². The third kappa shape index (κ3) is 3.10. The van der Waals surface area contributed by atoms with Gasteiger partial charge in [0, 0.05) is 0 Å². The van der Waals surface area contributed by atoms with Crippen LogP contribution in [0.4, 0.5) is 10.5 Å². The van der Waals surface area contributed by atoms with Crippen molar-refractivity contribution in [3.63, 3.8) is 0 Å². The fraction of sp³-hybridized carbons (Fsp3) is 0.636. The van der Waals surface area contributed by atoms with E-state index in [1.165, 1.54) is 6.08 Å². The van der Waals surface area contributed by atoms with Gasteiger partial charge in [0.1, 0.15) is 0 Å². The van der Waals surface area contributed by atoms with Crippen molar-refractivity contribution in [1.29, 1.82) is 0 Å². The second kappa shape index (κ2) is 6.14. The van der Waals surface area contributed by atoms with E-state index in [0.717, 1.165) is 0 Å². The van der Waals surface area contributed by atoms with E-state index < -0.39 is 35.8 Å². The van der Waals surface area contributed by atoms with Crippen LogP contribution in [-0.4, -0.2) is 65.5 Å². The zero-order valence-electron chi connectivity index (χ0n) is 12.3. The summed E-state index contributed by atoms with van der Waals surface area (Å²) in [7, 11) is 11.4. The molecule has 0 aromatic heterocycles. The van der Waals surface area contributed by atoms with Gasteiger partial charge in [-0.2, -0.15) is 0 Å². The van der Waals surface area contributed by atoms with Crippen LogP contribution in [-0.2, 0) is 21.1 Å². The predicted octanol–water partition coefficient (Wildman–Crippen LogP) is 2.17. The Labute approximate surface area is 123 Å². The van der Waals surface area contributed by atoms with Crippen LogP contribution in [0.3, 0.4) is 0 Å². The number of allylic oxidation sites excluding steroid dienone is 4. The summed E-state index contributed by atoms with van der Waals surface area (Å²) in [5.74, 6) is 0. The molecule has 110 valence electrons. The zero-order chi connectivity index (χ0) is 15.0. The molecule has 0 bridgehead atoms. The number of hydrogen-bond donors (Lipinski definition) is 0. The third-order valence-electron chi connectivity index (χ3n) is 3.51. The molecule has 1 aliphatic rings. The summed E-state index contributed by atoms with van der Waals surface area (Å²) in [6.07, 6.45) is 3.44. The maximum atomic E-state index is 13.4. The van der Waals surface area contributed by atoms with E-state index in [-0.39, 0.29) is 4.41 Å². The molecule has 0 saturated carbocycles. The average molecular weight is 417 g/mol. The van der Waals surface area contributed by atoms with E-state index in [2.05, 4.69) is 0 Å². The Bertz CT molecular complexity index is 381. The van der Waals surface area contributed by atoms with Crippen LogP contribution in [0, 0.1) is 0 Å². The van der Waals surface area contributed by atoms with E-state index in [1.54, 1.807) is 6.08 Å². The van der Waals surface area contributed by atoms with Crippen LogP contribution in [0.2, 0.25) is 0 Å². The van der Waals surface area contributed by atoms with Crippen LogP contribution in [0.1, 0.15) is 6.42 Å². The van der Waals surface area contributed by atoms with Gasteiger partial charge in [0.15, 0.2) is 0 Å². The molecule has 0 fully saturated rings. The normalized spacial score (nSPS) is 17.5. The van der Waals surface area contributed by atoms with Crippen LogP contribution >= 0.6 is 0 Å². The van der Waals surface area contributed by atoms with E-state index in [0.29, 0.717) is 9.70 Å². The van der Waals surface area contributed by atoms with Gasteiger partial charge in [0.2, 0.25) is 0 Å².